The molecule has 2 aromatic rings. The third-order valence-electron chi connectivity index (χ3n) is 2.78. The van der Waals surface area contributed by atoms with E-state index in [-0.39, 0.29) is 17.9 Å². The van der Waals surface area contributed by atoms with Crippen molar-refractivity contribution in [2.75, 3.05) is 0 Å². The Kier molecular flexibility index (Phi) is 4.12. The van der Waals surface area contributed by atoms with E-state index in [4.69, 9.17) is 11.6 Å². The zero-order valence-electron chi connectivity index (χ0n) is 10.5. The lowest BCUT2D eigenvalue weighted by Crippen LogP contribution is -2.03. The van der Waals surface area contributed by atoms with Crippen LogP contribution in [0.25, 0.3) is 0 Å². The average molecular weight is 277 g/mol. The summed E-state index contributed by atoms with van der Waals surface area (Å²) in [4.78, 5) is 22.2. The summed E-state index contributed by atoms with van der Waals surface area (Å²) in [6, 6.07) is 9.67. The number of carbonyl (C=O) groups excluding carboxylic acids is 2. The molecule has 0 radical (unpaired) electrons. The first kappa shape index (κ1) is 13.5. The predicted molar refractivity (Wildman–Crippen MR) is 72.6 cm³/mol. The van der Waals surface area contributed by atoms with Gasteiger partial charge in [-0.3, -0.25) is 4.79 Å². The number of halogens is 1. The van der Waals surface area contributed by atoms with Crippen LogP contribution in [0.15, 0.2) is 30.3 Å². The van der Waals surface area contributed by atoms with E-state index in [9.17, 15) is 9.59 Å². The fourth-order valence-corrected chi connectivity index (χ4v) is 2.15. The molecule has 98 valence electrons. The van der Waals surface area contributed by atoms with E-state index in [1.807, 2.05) is 30.3 Å². The number of aldehydes is 1. The highest BCUT2D eigenvalue weighted by Crippen LogP contribution is 2.22. The lowest BCUT2D eigenvalue weighted by Gasteiger charge is -2.03. The number of Topliss-reactive ketones (excluding diaryl/α,β-unsaturated/α-hetero) is 1. The zero-order valence-corrected chi connectivity index (χ0v) is 11.2. The summed E-state index contributed by atoms with van der Waals surface area (Å²) >= 11 is 6.19. The summed E-state index contributed by atoms with van der Waals surface area (Å²) in [6.07, 6.45) is 0.824. The molecule has 0 atom stereocenters. The van der Waals surface area contributed by atoms with Crippen LogP contribution in [0, 0.1) is 0 Å². The monoisotopic (exact) mass is 276 g/mol. The maximum atomic E-state index is 11.5. The second kappa shape index (κ2) is 5.80. The molecule has 0 amide bonds. The number of hydrogen-bond acceptors (Lipinski definition) is 3. The van der Waals surface area contributed by atoms with Gasteiger partial charge in [0.1, 0.15) is 17.1 Å². The van der Waals surface area contributed by atoms with Crippen LogP contribution < -0.4 is 0 Å². The van der Waals surface area contributed by atoms with E-state index in [1.165, 1.54) is 6.92 Å². The van der Waals surface area contributed by atoms with Gasteiger partial charge in [0.05, 0.1) is 6.54 Å². The van der Waals surface area contributed by atoms with Crippen LogP contribution in [-0.2, 0) is 17.8 Å². The number of aromatic nitrogens is 2. The molecule has 4 nitrogen and oxygen atoms in total. The largest absolute Gasteiger partial charge is 0.303 e. The van der Waals surface area contributed by atoms with Gasteiger partial charge in [0.15, 0.2) is 5.78 Å². The highest BCUT2D eigenvalue weighted by Gasteiger charge is 2.18. The number of nitrogens with zero attached hydrogens (tertiary/aromatic N) is 2. The van der Waals surface area contributed by atoms with Crippen molar-refractivity contribution in [3.63, 3.8) is 0 Å². The molecule has 0 bridgehead atoms. The summed E-state index contributed by atoms with van der Waals surface area (Å²) < 4.78 is 1.55. The van der Waals surface area contributed by atoms with E-state index in [0.29, 0.717) is 17.3 Å². The zero-order chi connectivity index (χ0) is 13.8. The Labute approximate surface area is 116 Å². The molecule has 1 heterocycles. The van der Waals surface area contributed by atoms with Gasteiger partial charge in [0.2, 0.25) is 0 Å². The fourth-order valence-electron chi connectivity index (χ4n) is 1.89. The first-order valence-corrected chi connectivity index (χ1v) is 6.25. The van der Waals surface area contributed by atoms with Crippen molar-refractivity contribution in [1.29, 1.82) is 0 Å². The highest BCUT2D eigenvalue weighted by atomic mass is 35.5. The fraction of sp³-hybridized carbons (Fsp3) is 0.214. The van der Waals surface area contributed by atoms with Crippen molar-refractivity contribution in [1.82, 2.24) is 9.78 Å². The van der Waals surface area contributed by atoms with Gasteiger partial charge in [-0.1, -0.05) is 41.9 Å². The van der Waals surface area contributed by atoms with E-state index in [1.54, 1.807) is 4.68 Å². The van der Waals surface area contributed by atoms with Crippen molar-refractivity contribution >= 4 is 23.7 Å². The maximum Gasteiger partial charge on any atom is 0.180 e. The van der Waals surface area contributed by atoms with Gasteiger partial charge >= 0.3 is 0 Å². The molecule has 2 rings (SSSR count). The number of carbonyl (C=O) groups is 2. The Morgan fingerprint density at radius 3 is 2.63 bits per heavy atom. The molecule has 1 aromatic heterocycles. The Morgan fingerprint density at radius 2 is 2.05 bits per heavy atom. The Bertz CT molecular complexity index is 605. The number of ketones is 1. The van der Waals surface area contributed by atoms with Gasteiger partial charge in [-0.25, -0.2) is 4.68 Å². The van der Waals surface area contributed by atoms with Crippen LogP contribution >= 0.6 is 11.6 Å². The molecule has 0 fully saturated rings. The van der Waals surface area contributed by atoms with Crippen molar-refractivity contribution < 1.29 is 9.59 Å². The first-order chi connectivity index (χ1) is 9.13. The highest BCUT2D eigenvalue weighted by molar-refractivity contribution is 6.31. The summed E-state index contributed by atoms with van der Waals surface area (Å²) in [6.45, 7) is 1.89. The second-order valence-electron chi connectivity index (χ2n) is 4.19. The van der Waals surface area contributed by atoms with E-state index in [2.05, 4.69) is 5.10 Å². The van der Waals surface area contributed by atoms with Gasteiger partial charge in [-0.2, -0.15) is 5.10 Å². The normalized spacial score (nSPS) is 10.4. The molecule has 5 heteroatoms. The van der Waals surface area contributed by atoms with Crippen molar-refractivity contribution in [3.05, 3.63) is 52.3 Å². The molecule has 0 aliphatic heterocycles. The number of hydrogen-bond donors (Lipinski definition) is 0. The molecular weight excluding hydrogens is 264 g/mol. The quantitative estimate of drug-likeness (QED) is 0.623. The maximum absolute atomic E-state index is 11.5. The SMILES string of the molecule is CC(=O)c1nn(Cc2ccccc2)c(Cl)c1CC=O. The molecule has 0 aliphatic carbocycles. The van der Waals surface area contributed by atoms with Gasteiger partial charge in [-0.05, 0) is 5.56 Å². The third-order valence-corrected chi connectivity index (χ3v) is 3.20. The van der Waals surface area contributed by atoms with Crippen LogP contribution in [0.2, 0.25) is 5.15 Å². The predicted octanol–water partition coefficient (Wildman–Crippen LogP) is 2.53. The summed E-state index contributed by atoms with van der Waals surface area (Å²) in [7, 11) is 0. The van der Waals surface area contributed by atoms with Crippen molar-refractivity contribution in [2.24, 2.45) is 0 Å². The summed E-state index contributed by atoms with van der Waals surface area (Å²) in [5.74, 6) is -0.189. The third kappa shape index (κ3) is 2.90. The molecular formula is C14H13ClN2O2. The minimum absolute atomic E-state index is 0.0997. The minimum Gasteiger partial charge on any atom is -0.303 e. The molecule has 0 unspecified atom stereocenters. The lowest BCUT2D eigenvalue weighted by atomic mass is 10.1. The van der Waals surface area contributed by atoms with Gasteiger partial charge in [0, 0.05) is 18.9 Å². The lowest BCUT2D eigenvalue weighted by molar-refractivity contribution is -0.107. The van der Waals surface area contributed by atoms with Gasteiger partial charge in [0.25, 0.3) is 0 Å². The minimum atomic E-state index is -0.189. The van der Waals surface area contributed by atoms with Crippen molar-refractivity contribution in [2.45, 2.75) is 19.9 Å². The van der Waals surface area contributed by atoms with E-state index in [0.717, 1.165) is 11.8 Å². The van der Waals surface area contributed by atoms with E-state index < -0.39 is 0 Å². The molecule has 0 aliphatic rings. The number of benzene rings is 1. The van der Waals surface area contributed by atoms with Crippen LogP contribution in [0.4, 0.5) is 0 Å². The van der Waals surface area contributed by atoms with Crippen LogP contribution in [0.5, 0.6) is 0 Å². The van der Waals surface area contributed by atoms with Crippen LogP contribution in [0.1, 0.15) is 28.5 Å². The Morgan fingerprint density at radius 1 is 1.37 bits per heavy atom. The van der Waals surface area contributed by atoms with Crippen molar-refractivity contribution in [3.8, 4) is 0 Å². The average Bonchev–Trinajstić information content (AvgIpc) is 2.70. The van der Waals surface area contributed by atoms with Crippen LogP contribution in [-0.4, -0.2) is 21.8 Å². The Hall–Kier alpha value is -1.94. The molecule has 0 spiro atoms. The molecule has 0 saturated heterocycles. The molecule has 0 saturated carbocycles. The van der Waals surface area contributed by atoms with E-state index >= 15 is 0 Å². The number of rotatable bonds is 5. The second-order valence-corrected chi connectivity index (χ2v) is 4.55. The van der Waals surface area contributed by atoms with Gasteiger partial charge < -0.3 is 4.79 Å². The Balaban J connectivity index is 2.39. The standard InChI is InChI=1S/C14H13ClN2O2/c1-10(19)13-12(7-8-18)14(15)17(16-13)9-11-5-3-2-4-6-11/h2-6,8H,7,9H2,1H3. The van der Waals surface area contributed by atoms with Crippen LogP contribution in [0.3, 0.4) is 0 Å². The topological polar surface area (TPSA) is 52.0 Å². The summed E-state index contributed by atoms with van der Waals surface area (Å²) in [5.41, 5.74) is 1.80. The molecule has 0 N–H and O–H groups in total. The van der Waals surface area contributed by atoms with Gasteiger partial charge in [-0.15, -0.1) is 0 Å². The molecule has 1 aromatic carbocycles. The molecule has 19 heavy (non-hydrogen) atoms. The summed E-state index contributed by atoms with van der Waals surface area (Å²) in [5, 5.41) is 4.55. The first-order valence-electron chi connectivity index (χ1n) is 5.87. The smallest absolute Gasteiger partial charge is 0.180 e.